The molecule has 1 aromatic rings. The molecule has 0 radical (unpaired) electrons. The third-order valence-electron chi connectivity index (χ3n) is 1.36. The minimum absolute atomic E-state index is 0.153. The molecule has 0 saturated carbocycles. The lowest BCUT2D eigenvalue weighted by atomic mass is 10.3. The quantitative estimate of drug-likeness (QED) is 0.394. The summed E-state index contributed by atoms with van der Waals surface area (Å²) in [6.45, 7) is 0. The number of hydrogen-bond donors (Lipinski definition) is 2. The molecule has 0 aliphatic heterocycles. The predicted octanol–water partition coefficient (Wildman–Crippen LogP) is -0.0644. The van der Waals surface area contributed by atoms with Crippen molar-refractivity contribution in [1.29, 1.82) is 0 Å². The average Bonchev–Trinajstić information content (AvgIpc) is 2.05. The van der Waals surface area contributed by atoms with E-state index in [4.69, 9.17) is 5.84 Å². The van der Waals surface area contributed by atoms with E-state index in [2.05, 4.69) is 0 Å². The second-order valence-electron chi connectivity index (χ2n) is 2.28. The SMILES string of the molecule is NN(C[SH](=O)=O)c1ccccc1. The van der Waals surface area contributed by atoms with Gasteiger partial charge in [0.05, 0.1) is 5.69 Å². The molecule has 0 heterocycles. The lowest BCUT2D eigenvalue weighted by Crippen LogP contribution is -2.32. The number of rotatable bonds is 3. The van der Waals surface area contributed by atoms with Crippen molar-refractivity contribution in [2.75, 3.05) is 10.9 Å². The van der Waals surface area contributed by atoms with Crippen LogP contribution < -0.4 is 10.9 Å². The summed E-state index contributed by atoms with van der Waals surface area (Å²) in [5, 5.41) is 1.19. The van der Waals surface area contributed by atoms with E-state index in [-0.39, 0.29) is 5.88 Å². The Morgan fingerprint density at radius 2 is 1.83 bits per heavy atom. The van der Waals surface area contributed by atoms with Crippen LogP contribution in [0.25, 0.3) is 0 Å². The highest BCUT2D eigenvalue weighted by Gasteiger charge is 1.99. The number of thiol groups is 1. The van der Waals surface area contributed by atoms with Crippen molar-refractivity contribution in [2.45, 2.75) is 0 Å². The van der Waals surface area contributed by atoms with Gasteiger partial charge >= 0.3 is 0 Å². The molecule has 4 nitrogen and oxygen atoms in total. The first-order chi connectivity index (χ1) is 5.70. The third-order valence-corrected chi connectivity index (χ3v) is 1.89. The minimum Gasteiger partial charge on any atom is -0.296 e. The van der Waals surface area contributed by atoms with Gasteiger partial charge in [0.15, 0.2) is 10.7 Å². The third kappa shape index (κ3) is 2.52. The Kier molecular flexibility index (Phi) is 3.07. The van der Waals surface area contributed by atoms with Gasteiger partial charge < -0.3 is 0 Å². The van der Waals surface area contributed by atoms with Gasteiger partial charge in [0.25, 0.3) is 0 Å². The van der Waals surface area contributed by atoms with Crippen LogP contribution in [0.1, 0.15) is 0 Å². The van der Waals surface area contributed by atoms with Gasteiger partial charge in [-0.2, -0.15) is 0 Å². The molecule has 66 valence electrons. The Labute approximate surface area is 72.5 Å². The maximum absolute atomic E-state index is 10.3. The fourth-order valence-corrected chi connectivity index (χ4v) is 1.24. The molecule has 0 aliphatic carbocycles. The Bertz CT molecular complexity index is 302. The lowest BCUT2D eigenvalue weighted by molar-refractivity contribution is 0.612. The van der Waals surface area contributed by atoms with Crippen molar-refractivity contribution in [2.24, 2.45) is 5.84 Å². The van der Waals surface area contributed by atoms with Crippen LogP contribution in [0.2, 0.25) is 0 Å². The van der Waals surface area contributed by atoms with Gasteiger partial charge in [-0.25, -0.2) is 14.3 Å². The zero-order chi connectivity index (χ0) is 8.97. The molecule has 0 bridgehead atoms. The lowest BCUT2D eigenvalue weighted by Gasteiger charge is -2.14. The van der Waals surface area contributed by atoms with E-state index >= 15 is 0 Å². The van der Waals surface area contributed by atoms with E-state index in [9.17, 15) is 8.42 Å². The molecule has 0 spiro atoms. The molecule has 12 heavy (non-hydrogen) atoms. The van der Waals surface area contributed by atoms with E-state index in [1.807, 2.05) is 6.07 Å². The summed E-state index contributed by atoms with van der Waals surface area (Å²) in [6, 6.07) is 8.94. The zero-order valence-electron chi connectivity index (χ0n) is 6.38. The van der Waals surface area contributed by atoms with Crippen LogP contribution in [0, 0.1) is 0 Å². The van der Waals surface area contributed by atoms with Gasteiger partial charge in [0.2, 0.25) is 0 Å². The Morgan fingerprint density at radius 3 is 2.33 bits per heavy atom. The van der Waals surface area contributed by atoms with E-state index in [0.29, 0.717) is 5.69 Å². The molecule has 1 rings (SSSR count). The number of hydrazine groups is 1. The molecule has 2 N–H and O–H groups in total. The second kappa shape index (κ2) is 4.08. The molecular weight excluding hydrogens is 176 g/mol. The zero-order valence-corrected chi connectivity index (χ0v) is 7.28. The van der Waals surface area contributed by atoms with Crippen LogP contribution in [0.5, 0.6) is 0 Å². The largest absolute Gasteiger partial charge is 0.296 e. The number of nitrogens with two attached hydrogens (primary N) is 1. The van der Waals surface area contributed by atoms with Crippen molar-refractivity contribution in [3.63, 3.8) is 0 Å². The van der Waals surface area contributed by atoms with Crippen molar-refractivity contribution in [3.8, 4) is 0 Å². The van der Waals surface area contributed by atoms with Crippen LogP contribution in [-0.4, -0.2) is 14.3 Å². The van der Waals surface area contributed by atoms with Gasteiger partial charge in [-0.15, -0.1) is 0 Å². The minimum atomic E-state index is -2.46. The van der Waals surface area contributed by atoms with Crippen LogP contribution in [-0.2, 0) is 10.7 Å². The molecule has 0 amide bonds. The summed E-state index contributed by atoms with van der Waals surface area (Å²) in [7, 11) is -2.46. The molecule has 0 saturated heterocycles. The molecule has 1 aromatic carbocycles. The van der Waals surface area contributed by atoms with Gasteiger partial charge in [-0.1, -0.05) is 18.2 Å². The fourth-order valence-electron chi connectivity index (χ4n) is 0.826. The standard InChI is InChI=1S/C7H10N2O2S/c8-9(6-12(10)11)7-4-2-1-3-5-7/h1-5,12H,6,8H2. The number of para-hydroxylation sites is 1. The van der Waals surface area contributed by atoms with Crippen molar-refractivity contribution in [3.05, 3.63) is 30.3 Å². The van der Waals surface area contributed by atoms with Crippen molar-refractivity contribution < 1.29 is 8.42 Å². The number of nitrogens with zero attached hydrogens (tertiary/aromatic N) is 1. The molecule has 0 aliphatic rings. The number of anilines is 1. The van der Waals surface area contributed by atoms with Gasteiger partial charge in [-0.3, -0.25) is 5.01 Å². The van der Waals surface area contributed by atoms with Crippen molar-refractivity contribution in [1.82, 2.24) is 0 Å². The smallest absolute Gasteiger partial charge is 0.159 e. The Balaban J connectivity index is 2.71. The topological polar surface area (TPSA) is 63.4 Å². The van der Waals surface area contributed by atoms with Crippen molar-refractivity contribution >= 4 is 16.4 Å². The summed E-state index contributed by atoms with van der Waals surface area (Å²) < 4.78 is 20.6. The monoisotopic (exact) mass is 186 g/mol. The summed E-state index contributed by atoms with van der Waals surface area (Å²) >= 11 is 0. The maximum atomic E-state index is 10.3. The first kappa shape index (κ1) is 9.02. The summed E-state index contributed by atoms with van der Waals surface area (Å²) in [5.74, 6) is 5.29. The van der Waals surface area contributed by atoms with Crippen LogP contribution in [0.4, 0.5) is 5.69 Å². The first-order valence-electron chi connectivity index (χ1n) is 3.39. The molecule has 5 heteroatoms. The van der Waals surface area contributed by atoms with Crippen LogP contribution >= 0.6 is 0 Å². The highest BCUT2D eigenvalue weighted by Crippen LogP contribution is 2.07. The molecule has 0 aromatic heterocycles. The Morgan fingerprint density at radius 1 is 1.25 bits per heavy atom. The van der Waals surface area contributed by atoms with E-state index in [0.717, 1.165) is 0 Å². The molecular formula is C7H10N2O2S. The van der Waals surface area contributed by atoms with Gasteiger partial charge in [0.1, 0.15) is 5.88 Å². The molecule has 0 fully saturated rings. The normalized spacial score (nSPS) is 10.2. The molecule has 0 atom stereocenters. The van der Waals surface area contributed by atoms with E-state index < -0.39 is 10.7 Å². The van der Waals surface area contributed by atoms with E-state index in [1.165, 1.54) is 5.01 Å². The second-order valence-corrected chi connectivity index (χ2v) is 3.23. The van der Waals surface area contributed by atoms with Crippen LogP contribution in [0.3, 0.4) is 0 Å². The average molecular weight is 186 g/mol. The predicted molar refractivity (Wildman–Crippen MR) is 48.3 cm³/mol. The summed E-state index contributed by atoms with van der Waals surface area (Å²) in [6.07, 6.45) is 0. The number of hydrogen-bond acceptors (Lipinski definition) is 4. The number of benzene rings is 1. The first-order valence-corrected chi connectivity index (χ1v) is 4.75. The van der Waals surface area contributed by atoms with Gasteiger partial charge in [0, 0.05) is 0 Å². The summed E-state index contributed by atoms with van der Waals surface area (Å²) in [4.78, 5) is 0. The Hall–Kier alpha value is -1.07. The summed E-state index contributed by atoms with van der Waals surface area (Å²) in [5.41, 5.74) is 0.691. The fraction of sp³-hybridized carbons (Fsp3) is 0.143. The highest BCUT2D eigenvalue weighted by molar-refractivity contribution is 7.72. The maximum Gasteiger partial charge on any atom is 0.159 e. The van der Waals surface area contributed by atoms with E-state index in [1.54, 1.807) is 24.3 Å². The highest BCUT2D eigenvalue weighted by atomic mass is 32.2. The van der Waals surface area contributed by atoms with Gasteiger partial charge in [-0.05, 0) is 12.1 Å². The van der Waals surface area contributed by atoms with Crippen LogP contribution in [0.15, 0.2) is 30.3 Å². The molecule has 0 unspecified atom stereocenters.